The van der Waals surface area contributed by atoms with E-state index in [4.69, 9.17) is 15.3 Å². The van der Waals surface area contributed by atoms with Crippen LogP contribution in [0, 0.1) is 31.2 Å². The second-order valence-corrected chi connectivity index (χ2v) is 26.4. The largest absolute Gasteiger partial charge is 0.512 e. The zero-order chi connectivity index (χ0) is 75.0. The van der Waals surface area contributed by atoms with Gasteiger partial charge in [-0.2, -0.15) is 0 Å². The Hall–Kier alpha value is -9.41. The van der Waals surface area contributed by atoms with Crippen LogP contribution in [0.2, 0.25) is 0 Å². The fraction of sp³-hybridized carbons (Fsp3) is 0.181. The van der Waals surface area contributed by atoms with E-state index in [0.29, 0.717) is 5.92 Å². The zero-order valence-electron chi connectivity index (χ0n) is 62.9. The quantitative estimate of drug-likeness (QED) is 0.0575. The van der Waals surface area contributed by atoms with E-state index in [0.717, 1.165) is 67.6 Å². The molecule has 0 amide bonds. The average Bonchev–Trinajstić information content (AvgIpc) is 1.58. The SMILES string of the molecule is CC(=O)C=C(C)O.CC(=O)C=C(C)O.CC(=O)C=C(C)O.CC(C)(C)c1ccc(-c2ccc(-c3[c-]cccc3)nc2)cc1.CC(C)c1ccc(-c2ccc(-c3[c-]cccc3)nc2)cc1.Cc1ccc(-c2ccc(-c3[c-]cccc3)nc2)cc1.[Ir].[Ir].[Ir].[Ir].[c-]1ccccc1-c1ccc(-c2cccc(C3CC3)c2)cn1. The number of pyridine rings is 4. The van der Waals surface area contributed by atoms with E-state index < -0.39 is 0 Å². The van der Waals surface area contributed by atoms with Crippen molar-refractivity contribution in [1.29, 1.82) is 0 Å². The molecule has 4 radical (unpaired) electrons. The molecule has 108 heavy (non-hydrogen) atoms. The van der Waals surface area contributed by atoms with Crippen LogP contribution in [0.3, 0.4) is 0 Å². The number of aryl methyl sites for hydroxylation is 1. The summed E-state index contributed by atoms with van der Waals surface area (Å²) in [5.41, 5.74) is 23.0. The van der Waals surface area contributed by atoms with E-state index in [1.807, 2.05) is 128 Å². The van der Waals surface area contributed by atoms with E-state index in [1.165, 1.54) is 123 Å². The summed E-state index contributed by atoms with van der Waals surface area (Å²) in [5, 5.41) is 25.1. The molecule has 0 unspecified atom stereocenters. The van der Waals surface area contributed by atoms with E-state index >= 15 is 0 Å². The van der Waals surface area contributed by atoms with Gasteiger partial charge in [0.1, 0.15) is 0 Å². The molecule has 10 nitrogen and oxygen atoms in total. The third-order valence-corrected chi connectivity index (χ3v) is 15.9. The molecule has 4 heterocycles. The number of hydrogen-bond acceptors (Lipinski definition) is 10. The molecule has 12 aromatic rings. The van der Waals surface area contributed by atoms with E-state index in [1.54, 1.807) is 0 Å². The summed E-state index contributed by atoms with van der Waals surface area (Å²) < 4.78 is 0. The van der Waals surface area contributed by atoms with Crippen LogP contribution in [0.1, 0.15) is 123 Å². The smallest absolute Gasteiger partial charge is 0.155 e. The molecule has 4 aromatic heterocycles. The van der Waals surface area contributed by atoms with Crippen LogP contribution in [0.25, 0.3) is 89.5 Å². The summed E-state index contributed by atoms with van der Waals surface area (Å²) in [6, 6.07) is 96.0. The molecule has 1 fully saturated rings. The van der Waals surface area contributed by atoms with Crippen molar-refractivity contribution in [1.82, 2.24) is 19.9 Å². The molecule has 1 aliphatic rings. The fourth-order valence-electron chi connectivity index (χ4n) is 10.3. The van der Waals surface area contributed by atoms with Crippen molar-refractivity contribution >= 4 is 17.3 Å². The molecule has 3 N–H and O–H groups in total. The van der Waals surface area contributed by atoms with E-state index in [9.17, 15) is 14.4 Å². The van der Waals surface area contributed by atoms with Crippen molar-refractivity contribution in [2.75, 3.05) is 0 Å². The Morgan fingerprint density at radius 2 is 0.676 bits per heavy atom. The Morgan fingerprint density at radius 1 is 0.380 bits per heavy atom. The minimum atomic E-state index is -0.125. The van der Waals surface area contributed by atoms with Gasteiger partial charge < -0.3 is 35.3 Å². The average molecular weight is 2140 g/mol. The summed E-state index contributed by atoms with van der Waals surface area (Å²) in [7, 11) is 0. The van der Waals surface area contributed by atoms with Gasteiger partial charge in [-0.05, 0) is 163 Å². The van der Waals surface area contributed by atoms with Crippen molar-refractivity contribution in [3.8, 4) is 89.5 Å². The Bertz CT molecular complexity index is 4630. The maximum absolute atomic E-state index is 10.0. The van der Waals surface area contributed by atoms with Gasteiger partial charge in [-0.15, -0.1) is 144 Å². The van der Waals surface area contributed by atoms with E-state index in [2.05, 4.69) is 225 Å². The summed E-state index contributed by atoms with van der Waals surface area (Å²) in [6.07, 6.45) is 13.9. The summed E-state index contributed by atoms with van der Waals surface area (Å²) >= 11 is 0. The second kappa shape index (κ2) is 48.1. The molecule has 8 aromatic carbocycles. The molecule has 13 rings (SSSR count). The maximum Gasteiger partial charge on any atom is 0.155 e. The third-order valence-electron chi connectivity index (χ3n) is 15.9. The van der Waals surface area contributed by atoms with Crippen LogP contribution in [0.15, 0.2) is 303 Å². The van der Waals surface area contributed by atoms with Crippen molar-refractivity contribution in [3.05, 3.63) is 349 Å². The predicted octanol–water partition coefficient (Wildman–Crippen LogP) is 23.6. The number of aliphatic hydroxyl groups excluding tert-OH is 3. The predicted molar refractivity (Wildman–Crippen MR) is 426 cm³/mol. The minimum absolute atomic E-state index is 0. The van der Waals surface area contributed by atoms with Crippen LogP contribution in [-0.4, -0.2) is 52.6 Å². The van der Waals surface area contributed by atoms with Gasteiger partial charge >= 0.3 is 0 Å². The fourth-order valence-corrected chi connectivity index (χ4v) is 10.3. The Labute approximate surface area is 693 Å². The van der Waals surface area contributed by atoms with Crippen LogP contribution >= 0.6 is 0 Å². The van der Waals surface area contributed by atoms with Crippen molar-refractivity contribution in [3.63, 3.8) is 0 Å². The molecule has 0 saturated heterocycles. The molecule has 1 aliphatic carbocycles. The third kappa shape index (κ3) is 33.0. The molecule has 0 spiro atoms. The minimum Gasteiger partial charge on any atom is -0.512 e. The molecule has 0 aliphatic heterocycles. The van der Waals surface area contributed by atoms with Gasteiger partial charge in [0.25, 0.3) is 0 Å². The standard InChI is InChI=1S/C21H20N.C20H16N.C20H18N.C18H14N.3C5H8O2.4Ir/c1-21(2,3)19-12-9-16(10-13-19)18-11-14-20(22-15-18)17-7-5-4-6-8-17;1-2-5-16(6-3-1)20-12-11-19(14-21-20)18-8-4-7-17(13-18)15-9-10-15;1-15(2)16-8-10-17(11-9-16)19-12-13-20(21-14-19)18-6-4-3-5-7-18;1-14-7-9-15(10-8-14)17-11-12-18(19-13-17)16-5-3-2-4-6-16;3*1-4(6)3-5(2)7;;;;/h4-7,9-15H,1-3H3;1-5,7-8,11-15H,9-10H2;3-6,8-15H,1-2H3;2-5,7-13H,1H3;3*3,6H,1-2H3;;;;/q4*-1;;;;;;;. The Morgan fingerprint density at radius 3 is 0.917 bits per heavy atom. The molecule has 0 bridgehead atoms. The van der Waals surface area contributed by atoms with E-state index in [-0.39, 0.29) is 120 Å². The number of carbonyl (C=O) groups excluding carboxylic acids is 3. The first kappa shape index (κ1) is 92.8. The number of allylic oxidation sites excluding steroid dienone is 6. The summed E-state index contributed by atoms with van der Waals surface area (Å²) in [5.74, 6) is 1.16. The van der Waals surface area contributed by atoms with Gasteiger partial charge in [0, 0.05) is 123 Å². The van der Waals surface area contributed by atoms with Crippen LogP contribution in [0.5, 0.6) is 0 Å². The molecule has 14 heteroatoms. The molecule has 564 valence electrons. The number of aromatic nitrogens is 4. The number of nitrogens with zero attached hydrogens (tertiary/aromatic N) is 4. The van der Waals surface area contributed by atoms with Gasteiger partial charge in [-0.3, -0.25) is 14.4 Å². The normalized spacial score (nSPS) is 11.2. The maximum atomic E-state index is 10.0. The number of ketones is 3. The Balaban J connectivity index is 0.000000339. The second-order valence-electron chi connectivity index (χ2n) is 26.4. The topological polar surface area (TPSA) is 163 Å². The Kier molecular flexibility index (Phi) is 41.3. The summed E-state index contributed by atoms with van der Waals surface area (Å²) in [6.45, 7) is 21.8. The zero-order valence-corrected chi connectivity index (χ0v) is 72.5. The molecular weight excluding hydrogens is 2050 g/mol. The number of carbonyl (C=O) groups is 3. The van der Waals surface area contributed by atoms with Crippen LogP contribution in [0.4, 0.5) is 0 Å². The number of benzene rings is 8. The van der Waals surface area contributed by atoms with Gasteiger partial charge in [-0.25, -0.2) is 0 Å². The van der Waals surface area contributed by atoms with Gasteiger partial charge in [0.05, 0.1) is 17.3 Å². The van der Waals surface area contributed by atoms with Crippen LogP contribution < -0.4 is 0 Å². The van der Waals surface area contributed by atoms with Crippen molar-refractivity contribution < 1.29 is 110 Å². The number of aliphatic hydroxyl groups is 3. The summed E-state index contributed by atoms with van der Waals surface area (Å²) in [4.78, 5) is 48.3. The first-order chi connectivity index (χ1) is 49.9. The van der Waals surface area contributed by atoms with Crippen molar-refractivity contribution in [2.24, 2.45) is 0 Å². The number of rotatable bonds is 13. The molecular formula is C94H92Ir4N4O6-4. The monoisotopic (exact) mass is 2140 g/mol. The number of hydrogen-bond donors (Lipinski definition) is 3. The first-order valence-electron chi connectivity index (χ1n) is 34.6. The van der Waals surface area contributed by atoms with Gasteiger partial charge in [-0.1, -0.05) is 186 Å². The van der Waals surface area contributed by atoms with Crippen LogP contribution in [-0.2, 0) is 100 Å². The van der Waals surface area contributed by atoms with Crippen molar-refractivity contribution in [2.45, 2.75) is 113 Å². The first-order valence-corrected chi connectivity index (χ1v) is 34.6. The van der Waals surface area contributed by atoms with Gasteiger partial charge in [0.2, 0.25) is 0 Å². The van der Waals surface area contributed by atoms with Gasteiger partial charge in [0.15, 0.2) is 17.3 Å². The molecule has 0 atom stereocenters. The molecule has 1 saturated carbocycles.